The number of nitrogen functional groups attached to an aromatic ring is 1. The number of alkyl halides is 5. The third kappa shape index (κ3) is 7.32. The highest BCUT2D eigenvalue weighted by Crippen LogP contribution is 2.32. The number of sulfonamides is 1. The zero-order valence-electron chi connectivity index (χ0n) is 21.4. The van der Waals surface area contributed by atoms with Crippen LogP contribution in [0.15, 0.2) is 40.7 Å². The van der Waals surface area contributed by atoms with Crippen LogP contribution >= 0.6 is 11.3 Å². The third-order valence-corrected chi connectivity index (χ3v) is 8.58. The van der Waals surface area contributed by atoms with Crippen molar-refractivity contribution in [1.82, 2.24) is 24.3 Å². The van der Waals surface area contributed by atoms with Gasteiger partial charge in [-0.2, -0.15) is 18.3 Å². The molecule has 3 heterocycles. The van der Waals surface area contributed by atoms with Crippen LogP contribution in [-0.2, 0) is 16.2 Å². The minimum Gasteiger partial charge on any atom is -0.477 e. The Morgan fingerprint density at radius 1 is 1.17 bits per heavy atom. The minimum absolute atomic E-state index is 0.0838. The van der Waals surface area contributed by atoms with Crippen molar-refractivity contribution < 1.29 is 45.4 Å². The van der Waals surface area contributed by atoms with Gasteiger partial charge in [0, 0.05) is 5.56 Å². The average Bonchev–Trinajstić information content (AvgIpc) is 3.45. The quantitative estimate of drug-likeness (QED) is 0.221. The molecule has 0 bridgehead atoms. The van der Waals surface area contributed by atoms with E-state index in [-0.39, 0.29) is 32.9 Å². The standard InChI is InChI=1S/C15H8F5N3O2.C8H15N3O3S2/c16-12(17)11-5-10(7-1-3-8(4-2-7)15(18,19)20)22-13-9(14(24)25)6-21-23(11)13;1-5-6(15-7(9)10-5)16(13,14)11-8(2,3)4-12/h1-6,12H,(H,24,25);11-12H,4H2,1-3H3,(H2,9,10). The molecule has 0 fully saturated rings. The van der Waals surface area contributed by atoms with Crippen molar-refractivity contribution in [1.29, 1.82) is 0 Å². The van der Waals surface area contributed by atoms with E-state index in [1.165, 1.54) is 0 Å². The fourth-order valence-electron chi connectivity index (χ4n) is 3.36. The summed E-state index contributed by atoms with van der Waals surface area (Å²) in [6.45, 7) is 4.46. The summed E-state index contributed by atoms with van der Waals surface area (Å²) in [7, 11) is -3.67. The van der Waals surface area contributed by atoms with Crippen molar-refractivity contribution >= 4 is 38.1 Å². The lowest BCUT2D eigenvalue weighted by Gasteiger charge is -2.22. The third-order valence-electron chi connectivity index (χ3n) is 5.28. The largest absolute Gasteiger partial charge is 0.477 e. The number of aliphatic hydroxyl groups excluding tert-OH is 1. The molecule has 0 spiro atoms. The number of nitrogens with two attached hydrogens (primary N) is 1. The van der Waals surface area contributed by atoms with Crippen molar-refractivity contribution in [3.63, 3.8) is 0 Å². The number of carbonyl (C=O) groups is 1. The van der Waals surface area contributed by atoms with Crippen molar-refractivity contribution in [3.05, 3.63) is 59.0 Å². The van der Waals surface area contributed by atoms with Gasteiger partial charge in [-0.3, -0.25) is 0 Å². The Balaban J connectivity index is 0.000000250. The Kier molecular flexibility index (Phi) is 9.02. The molecular weight excluding hydrogens is 599 g/mol. The number of carboxylic acid groups (broad SMARTS) is 1. The number of fused-ring (bicyclic) bond motifs is 1. The van der Waals surface area contributed by atoms with Crippen molar-refractivity contribution in [3.8, 4) is 11.3 Å². The Hall–Kier alpha value is -3.74. The number of halogens is 5. The molecule has 4 rings (SSSR count). The van der Waals surface area contributed by atoms with Crippen LogP contribution in [0.1, 0.15) is 47.6 Å². The molecule has 0 aliphatic heterocycles. The van der Waals surface area contributed by atoms with E-state index >= 15 is 0 Å². The second kappa shape index (κ2) is 11.6. The molecule has 222 valence electrons. The zero-order chi connectivity index (χ0) is 30.9. The first-order valence-corrected chi connectivity index (χ1v) is 13.6. The molecule has 11 nitrogen and oxygen atoms in total. The lowest BCUT2D eigenvalue weighted by atomic mass is 10.1. The minimum atomic E-state index is -4.54. The lowest BCUT2D eigenvalue weighted by molar-refractivity contribution is -0.137. The van der Waals surface area contributed by atoms with E-state index in [0.29, 0.717) is 10.2 Å². The van der Waals surface area contributed by atoms with Crippen LogP contribution < -0.4 is 10.5 Å². The molecule has 3 aromatic heterocycles. The summed E-state index contributed by atoms with van der Waals surface area (Å²) >= 11 is 0.907. The van der Waals surface area contributed by atoms with Gasteiger partial charge in [-0.25, -0.2) is 41.2 Å². The number of aromatic nitrogens is 4. The second-order valence-corrected chi connectivity index (χ2v) is 12.0. The Bertz CT molecular complexity index is 1670. The summed E-state index contributed by atoms with van der Waals surface area (Å²) < 4.78 is 91.3. The van der Waals surface area contributed by atoms with E-state index < -0.39 is 51.0 Å². The number of hydrogen-bond donors (Lipinski definition) is 4. The van der Waals surface area contributed by atoms with E-state index in [2.05, 4.69) is 19.8 Å². The lowest BCUT2D eigenvalue weighted by Crippen LogP contribution is -2.46. The van der Waals surface area contributed by atoms with Gasteiger partial charge in [-0.05, 0) is 39.0 Å². The maximum atomic E-state index is 13.2. The molecule has 41 heavy (non-hydrogen) atoms. The second-order valence-electron chi connectivity index (χ2n) is 9.11. The molecule has 0 unspecified atom stereocenters. The van der Waals surface area contributed by atoms with Gasteiger partial charge in [0.2, 0.25) is 0 Å². The fourth-order valence-corrected chi connectivity index (χ4v) is 6.07. The summed E-state index contributed by atoms with van der Waals surface area (Å²) in [6, 6.07) is 4.69. The normalized spacial score (nSPS) is 12.4. The van der Waals surface area contributed by atoms with Gasteiger partial charge in [0.25, 0.3) is 16.4 Å². The summed E-state index contributed by atoms with van der Waals surface area (Å²) in [5, 5.41) is 21.9. The maximum absolute atomic E-state index is 13.2. The van der Waals surface area contributed by atoms with E-state index in [4.69, 9.17) is 15.9 Å². The fraction of sp³-hybridized carbons (Fsp3) is 0.304. The van der Waals surface area contributed by atoms with E-state index in [9.17, 15) is 35.2 Å². The number of aromatic carboxylic acids is 1. The van der Waals surface area contributed by atoms with Crippen LogP contribution in [0, 0.1) is 6.92 Å². The van der Waals surface area contributed by atoms with Gasteiger partial charge in [0.05, 0.1) is 35.3 Å². The number of carboxylic acids is 1. The molecule has 0 radical (unpaired) electrons. The highest BCUT2D eigenvalue weighted by molar-refractivity contribution is 7.91. The van der Waals surface area contributed by atoms with Crippen molar-refractivity contribution in [2.45, 2.75) is 43.1 Å². The van der Waals surface area contributed by atoms with Gasteiger partial charge >= 0.3 is 12.1 Å². The maximum Gasteiger partial charge on any atom is 0.416 e. The van der Waals surface area contributed by atoms with Crippen LogP contribution in [0.3, 0.4) is 0 Å². The van der Waals surface area contributed by atoms with Gasteiger partial charge in [-0.15, -0.1) is 0 Å². The van der Waals surface area contributed by atoms with Crippen LogP contribution in [-0.4, -0.2) is 56.3 Å². The highest BCUT2D eigenvalue weighted by Gasteiger charge is 2.31. The Labute approximate surface area is 233 Å². The Morgan fingerprint density at radius 2 is 1.78 bits per heavy atom. The van der Waals surface area contributed by atoms with E-state index in [1.54, 1.807) is 20.8 Å². The summed E-state index contributed by atoms with van der Waals surface area (Å²) in [5.41, 5.74) is 2.71. The number of thiazole rings is 1. The number of rotatable bonds is 7. The van der Waals surface area contributed by atoms with Crippen LogP contribution in [0.5, 0.6) is 0 Å². The van der Waals surface area contributed by atoms with Gasteiger partial charge < -0.3 is 15.9 Å². The summed E-state index contributed by atoms with van der Waals surface area (Å²) in [4.78, 5) is 19.0. The van der Waals surface area contributed by atoms with Gasteiger partial charge in [-0.1, -0.05) is 23.5 Å². The molecule has 0 aliphatic carbocycles. The average molecular weight is 623 g/mol. The molecule has 1 aromatic carbocycles. The number of benzene rings is 1. The molecule has 0 amide bonds. The van der Waals surface area contributed by atoms with Crippen LogP contribution in [0.2, 0.25) is 0 Å². The number of anilines is 1. The molecule has 0 atom stereocenters. The van der Waals surface area contributed by atoms with E-state index in [1.807, 2.05) is 0 Å². The first kappa shape index (κ1) is 31.8. The van der Waals surface area contributed by atoms with Crippen LogP contribution in [0.25, 0.3) is 16.9 Å². The molecular formula is C23H23F5N6O5S2. The predicted molar refractivity (Wildman–Crippen MR) is 138 cm³/mol. The Morgan fingerprint density at radius 3 is 2.24 bits per heavy atom. The first-order valence-electron chi connectivity index (χ1n) is 11.3. The number of hydrogen-bond acceptors (Lipinski definition) is 9. The monoisotopic (exact) mass is 622 g/mol. The van der Waals surface area contributed by atoms with E-state index in [0.717, 1.165) is 47.9 Å². The molecule has 18 heteroatoms. The molecule has 0 saturated heterocycles. The molecule has 4 aromatic rings. The summed E-state index contributed by atoms with van der Waals surface area (Å²) in [5.74, 6) is -1.41. The zero-order valence-corrected chi connectivity index (χ0v) is 23.1. The number of aliphatic hydroxyl groups is 1. The van der Waals surface area contributed by atoms with Crippen LogP contribution in [0.4, 0.5) is 27.1 Å². The smallest absolute Gasteiger partial charge is 0.416 e. The number of aryl methyl sites for hydroxylation is 1. The van der Waals surface area contributed by atoms with Gasteiger partial charge in [0.15, 0.2) is 15.0 Å². The molecule has 0 aliphatic rings. The molecule has 0 saturated carbocycles. The number of nitrogens with one attached hydrogen (secondary N) is 1. The van der Waals surface area contributed by atoms with Gasteiger partial charge in [0.1, 0.15) is 11.3 Å². The SMILES string of the molecule is Cc1nc(N)sc1S(=O)(=O)NC(C)(C)CO.O=C(O)c1cnn2c(C(F)F)cc(-c3ccc(C(F)(F)F)cc3)nc12. The van der Waals surface area contributed by atoms with Crippen molar-refractivity contribution in [2.75, 3.05) is 12.3 Å². The topological polar surface area (TPSA) is 173 Å². The highest BCUT2D eigenvalue weighted by atomic mass is 32.2. The number of nitrogens with zero attached hydrogens (tertiary/aromatic N) is 4. The first-order chi connectivity index (χ1) is 18.9. The predicted octanol–water partition coefficient (Wildman–Crippen LogP) is 4.13. The summed E-state index contributed by atoms with van der Waals surface area (Å²) in [6.07, 6.45) is -6.64. The molecule has 5 N–H and O–H groups in total. The van der Waals surface area contributed by atoms with Crippen molar-refractivity contribution in [2.24, 2.45) is 0 Å².